The van der Waals surface area contributed by atoms with E-state index in [1.165, 1.54) is 12.1 Å². The molecule has 21 heavy (non-hydrogen) atoms. The van der Waals surface area contributed by atoms with Crippen LogP contribution in [0.15, 0.2) is 30.0 Å². The third kappa shape index (κ3) is 4.46. The van der Waals surface area contributed by atoms with Gasteiger partial charge in [-0.15, -0.1) is 0 Å². The number of rotatable bonds is 5. The van der Waals surface area contributed by atoms with Crippen molar-refractivity contribution in [1.82, 2.24) is 0 Å². The number of ether oxygens (including phenoxy) is 2. The Balaban J connectivity index is 3.12. The molecule has 1 aromatic rings. The number of anilines is 1. The van der Waals surface area contributed by atoms with Crippen molar-refractivity contribution in [2.75, 3.05) is 19.5 Å². The van der Waals surface area contributed by atoms with Gasteiger partial charge in [0.05, 0.1) is 25.2 Å². The number of hydrogen-bond donors (Lipinski definition) is 1. The van der Waals surface area contributed by atoms with E-state index in [1.807, 2.05) is 0 Å². The molecule has 1 aromatic carbocycles. The van der Waals surface area contributed by atoms with Gasteiger partial charge < -0.3 is 14.8 Å². The molecule has 0 saturated heterocycles. The van der Waals surface area contributed by atoms with E-state index in [1.54, 1.807) is 0 Å². The monoisotopic (exact) mass is 314 g/mol. The highest BCUT2D eigenvalue weighted by atomic mass is 35.5. The number of hydrogen-bond acceptors (Lipinski definition) is 7. The summed E-state index contributed by atoms with van der Waals surface area (Å²) in [5, 5.41) is 13.3. The number of carbonyl (C=O) groups excluding carboxylic acids is 2. The van der Waals surface area contributed by atoms with Crippen molar-refractivity contribution in [1.29, 1.82) is 0 Å². The highest BCUT2D eigenvalue weighted by molar-refractivity contribution is 6.32. The van der Waals surface area contributed by atoms with Crippen LogP contribution in [0.5, 0.6) is 0 Å². The van der Waals surface area contributed by atoms with Crippen LogP contribution in [0.4, 0.5) is 11.4 Å². The Hall–Kier alpha value is -2.61. The van der Waals surface area contributed by atoms with Crippen LogP contribution in [0.2, 0.25) is 5.02 Å². The molecule has 0 bridgehead atoms. The Morgan fingerprint density at radius 1 is 1.33 bits per heavy atom. The van der Waals surface area contributed by atoms with E-state index in [0.29, 0.717) is 0 Å². The standard InChI is InChI=1S/C12H11ClN2O6/c1-20-11(16)6-9(12(17)21-2)14-7-3-4-8(13)10(5-7)15(18)19/h3-6,14H,1-2H3/b9-6-. The number of carbonyl (C=O) groups is 2. The van der Waals surface area contributed by atoms with Gasteiger partial charge in [0, 0.05) is 11.8 Å². The summed E-state index contributed by atoms with van der Waals surface area (Å²) < 4.78 is 8.90. The predicted molar refractivity (Wildman–Crippen MR) is 73.8 cm³/mol. The van der Waals surface area contributed by atoms with Gasteiger partial charge in [0.2, 0.25) is 0 Å². The second kappa shape index (κ2) is 7.25. The van der Waals surface area contributed by atoms with E-state index in [0.717, 1.165) is 26.4 Å². The molecule has 0 aromatic heterocycles. The zero-order valence-electron chi connectivity index (χ0n) is 11.1. The zero-order valence-corrected chi connectivity index (χ0v) is 11.8. The normalized spacial score (nSPS) is 10.7. The summed E-state index contributed by atoms with van der Waals surface area (Å²) >= 11 is 5.67. The summed E-state index contributed by atoms with van der Waals surface area (Å²) in [5.41, 5.74) is -0.392. The molecule has 8 nitrogen and oxygen atoms in total. The molecular formula is C12H11ClN2O6. The Labute approximate surface area is 124 Å². The minimum absolute atomic E-state index is 0.0536. The van der Waals surface area contributed by atoms with Crippen molar-refractivity contribution < 1.29 is 24.0 Å². The number of nitrogens with one attached hydrogen (secondary N) is 1. The van der Waals surface area contributed by atoms with Gasteiger partial charge in [0.25, 0.3) is 5.69 Å². The molecule has 0 amide bonds. The SMILES string of the molecule is COC(=O)/C=C(\Nc1ccc(Cl)c([N+](=O)[O-])c1)C(=O)OC. The van der Waals surface area contributed by atoms with Crippen LogP contribution >= 0.6 is 11.6 Å². The van der Waals surface area contributed by atoms with Crippen molar-refractivity contribution in [3.8, 4) is 0 Å². The fraction of sp³-hybridized carbons (Fsp3) is 0.167. The van der Waals surface area contributed by atoms with Crippen LogP contribution in [0.1, 0.15) is 0 Å². The van der Waals surface area contributed by atoms with Crippen molar-refractivity contribution in [2.24, 2.45) is 0 Å². The minimum atomic E-state index is -0.835. The fourth-order valence-corrected chi connectivity index (χ4v) is 1.51. The maximum Gasteiger partial charge on any atom is 0.354 e. The van der Waals surface area contributed by atoms with Crippen molar-refractivity contribution in [3.05, 3.63) is 45.1 Å². The minimum Gasteiger partial charge on any atom is -0.466 e. The summed E-state index contributed by atoms with van der Waals surface area (Å²) in [6.45, 7) is 0. The van der Waals surface area contributed by atoms with Crippen molar-refractivity contribution in [3.63, 3.8) is 0 Å². The van der Waals surface area contributed by atoms with E-state index in [2.05, 4.69) is 14.8 Å². The summed E-state index contributed by atoms with van der Waals surface area (Å²) in [7, 11) is 2.26. The number of methoxy groups -OCH3 is 2. The summed E-state index contributed by atoms with van der Waals surface area (Å²) in [5.74, 6) is -1.62. The highest BCUT2D eigenvalue weighted by Crippen LogP contribution is 2.28. The molecule has 1 rings (SSSR count). The Bertz CT molecular complexity index is 614. The largest absolute Gasteiger partial charge is 0.466 e. The van der Waals surface area contributed by atoms with Gasteiger partial charge >= 0.3 is 11.9 Å². The van der Waals surface area contributed by atoms with Crippen LogP contribution in [0.25, 0.3) is 0 Å². The molecule has 0 unspecified atom stereocenters. The number of halogens is 1. The highest BCUT2D eigenvalue weighted by Gasteiger charge is 2.16. The topological polar surface area (TPSA) is 108 Å². The van der Waals surface area contributed by atoms with Gasteiger partial charge in [-0.25, -0.2) is 9.59 Å². The molecule has 0 fully saturated rings. The Morgan fingerprint density at radius 2 is 2.00 bits per heavy atom. The van der Waals surface area contributed by atoms with Crippen molar-refractivity contribution in [2.45, 2.75) is 0 Å². The smallest absolute Gasteiger partial charge is 0.354 e. The lowest BCUT2D eigenvalue weighted by atomic mass is 10.2. The first-order chi connectivity index (χ1) is 9.88. The first-order valence-electron chi connectivity index (χ1n) is 5.48. The summed E-state index contributed by atoms with van der Waals surface area (Å²) in [4.78, 5) is 32.8. The molecule has 0 aliphatic rings. The van der Waals surface area contributed by atoms with Crippen LogP contribution in [-0.4, -0.2) is 31.1 Å². The lowest BCUT2D eigenvalue weighted by Crippen LogP contribution is -2.15. The van der Waals surface area contributed by atoms with E-state index < -0.39 is 16.9 Å². The van der Waals surface area contributed by atoms with Gasteiger partial charge in [-0.1, -0.05) is 11.6 Å². The molecule has 0 aliphatic heterocycles. The molecule has 0 heterocycles. The van der Waals surface area contributed by atoms with Gasteiger partial charge in [-0.3, -0.25) is 10.1 Å². The second-order valence-electron chi connectivity index (χ2n) is 3.62. The van der Waals surface area contributed by atoms with Crippen LogP contribution < -0.4 is 5.32 Å². The lowest BCUT2D eigenvalue weighted by Gasteiger charge is -2.09. The average Bonchev–Trinajstić information content (AvgIpc) is 2.46. The van der Waals surface area contributed by atoms with Crippen molar-refractivity contribution >= 4 is 34.9 Å². The molecule has 112 valence electrons. The third-order valence-corrected chi connectivity index (χ3v) is 2.61. The molecule has 1 N–H and O–H groups in total. The molecule has 9 heteroatoms. The van der Waals surface area contributed by atoms with Crippen LogP contribution in [0.3, 0.4) is 0 Å². The van der Waals surface area contributed by atoms with Crippen LogP contribution in [-0.2, 0) is 19.1 Å². The second-order valence-corrected chi connectivity index (χ2v) is 4.03. The number of nitrogens with zero attached hydrogens (tertiary/aromatic N) is 1. The van der Waals surface area contributed by atoms with Gasteiger partial charge in [-0.2, -0.15) is 0 Å². The first-order valence-corrected chi connectivity index (χ1v) is 5.85. The third-order valence-electron chi connectivity index (χ3n) is 2.29. The number of benzene rings is 1. The van der Waals surface area contributed by atoms with Gasteiger partial charge in [0.15, 0.2) is 0 Å². The molecule has 0 radical (unpaired) electrons. The number of nitro benzene ring substituents is 1. The van der Waals surface area contributed by atoms with Gasteiger partial charge in [-0.05, 0) is 12.1 Å². The summed E-state index contributed by atoms with van der Waals surface area (Å²) in [6.07, 6.45) is 0.867. The number of nitro groups is 1. The zero-order chi connectivity index (χ0) is 16.0. The summed E-state index contributed by atoms with van der Waals surface area (Å²) in [6, 6.07) is 3.81. The molecule has 0 saturated carbocycles. The lowest BCUT2D eigenvalue weighted by molar-refractivity contribution is -0.384. The average molecular weight is 315 g/mol. The van der Waals surface area contributed by atoms with Gasteiger partial charge in [0.1, 0.15) is 10.7 Å². The molecule has 0 atom stereocenters. The predicted octanol–water partition coefficient (Wildman–Crippen LogP) is 1.89. The fourth-order valence-electron chi connectivity index (χ4n) is 1.32. The first kappa shape index (κ1) is 16.4. The maximum absolute atomic E-state index is 11.5. The Morgan fingerprint density at radius 3 is 2.52 bits per heavy atom. The molecular weight excluding hydrogens is 304 g/mol. The Kier molecular flexibility index (Phi) is 5.67. The quantitative estimate of drug-likeness (QED) is 0.382. The molecule has 0 spiro atoms. The molecule has 0 aliphatic carbocycles. The maximum atomic E-state index is 11.5. The van der Waals surface area contributed by atoms with Crippen LogP contribution in [0, 0.1) is 10.1 Å². The van der Waals surface area contributed by atoms with E-state index in [4.69, 9.17) is 11.6 Å². The van der Waals surface area contributed by atoms with E-state index in [9.17, 15) is 19.7 Å². The van der Waals surface area contributed by atoms with E-state index >= 15 is 0 Å². The number of esters is 2. The van der Waals surface area contributed by atoms with E-state index in [-0.39, 0.29) is 22.1 Å².